The van der Waals surface area contributed by atoms with E-state index in [1.807, 2.05) is 26.3 Å². The van der Waals surface area contributed by atoms with Gasteiger partial charge in [-0.2, -0.15) is 10.4 Å². The first-order chi connectivity index (χ1) is 14.4. The molecule has 2 aliphatic heterocycles. The third kappa shape index (κ3) is 3.82. The number of rotatable bonds is 4. The second-order valence-electron chi connectivity index (χ2n) is 7.86. The van der Waals surface area contributed by atoms with E-state index >= 15 is 4.39 Å². The summed E-state index contributed by atoms with van der Waals surface area (Å²) in [5.41, 5.74) is 0.283. The fourth-order valence-electron chi connectivity index (χ4n) is 4.24. The van der Waals surface area contributed by atoms with E-state index in [1.54, 1.807) is 29.3 Å². The van der Waals surface area contributed by atoms with Crippen LogP contribution in [0.2, 0.25) is 0 Å². The molecule has 3 atom stereocenters. The van der Waals surface area contributed by atoms with Crippen molar-refractivity contribution < 1.29 is 13.5 Å². The molecular formula is C23H23F2N3OS. The van der Waals surface area contributed by atoms with Gasteiger partial charge < -0.3 is 4.74 Å². The van der Waals surface area contributed by atoms with Crippen molar-refractivity contribution in [2.75, 3.05) is 13.7 Å². The minimum absolute atomic E-state index is 0.0182. The fourth-order valence-corrected chi connectivity index (χ4v) is 5.11. The highest BCUT2D eigenvalue weighted by molar-refractivity contribution is 7.99. The van der Waals surface area contributed by atoms with Gasteiger partial charge >= 0.3 is 0 Å². The first-order valence-electron chi connectivity index (χ1n) is 9.98. The molecule has 1 saturated heterocycles. The van der Waals surface area contributed by atoms with Crippen molar-refractivity contribution in [3.05, 3.63) is 59.2 Å². The van der Waals surface area contributed by atoms with E-state index in [-0.39, 0.29) is 12.1 Å². The molecule has 2 heterocycles. The molecule has 4 nitrogen and oxygen atoms in total. The zero-order valence-corrected chi connectivity index (χ0v) is 17.8. The Kier molecular flexibility index (Phi) is 5.81. The van der Waals surface area contributed by atoms with E-state index in [9.17, 15) is 9.65 Å². The average Bonchev–Trinajstić information content (AvgIpc) is 3.16. The summed E-state index contributed by atoms with van der Waals surface area (Å²) in [6.45, 7) is 2.31. The van der Waals surface area contributed by atoms with Crippen molar-refractivity contribution >= 4 is 18.0 Å². The van der Waals surface area contributed by atoms with E-state index in [4.69, 9.17) is 4.74 Å². The van der Waals surface area contributed by atoms with Crippen molar-refractivity contribution in [1.82, 2.24) is 5.01 Å². The molecule has 1 fully saturated rings. The minimum atomic E-state index is -0.923. The maximum absolute atomic E-state index is 15.5. The Morgan fingerprint density at radius 1 is 1.27 bits per heavy atom. The molecule has 0 radical (unpaired) electrons. The monoisotopic (exact) mass is 427 g/mol. The van der Waals surface area contributed by atoms with Crippen molar-refractivity contribution in [3.63, 3.8) is 0 Å². The Balaban J connectivity index is 1.62. The first-order valence-corrected chi connectivity index (χ1v) is 10.8. The summed E-state index contributed by atoms with van der Waals surface area (Å²) < 4.78 is 35.8. The molecule has 0 saturated carbocycles. The molecule has 0 bridgehead atoms. The van der Waals surface area contributed by atoms with Gasteiger partial charge in [-0.3, -0.25) is 5.01 Å². The predicted octanol–water partition coefficient (Wildman–Crippen LogP) is 5.44. The molecule has 30 heavy (non-hydrogen) atoms. The van der Waals surface area contributed by atoms with Gasteiger partial charge in [0.1, 0.15) is 11.6 Å². The lowest BCUT2D eigenvalue weighted by molar-refractivity contribution is 0.00275. The summed E-state index contributed by atoms with van der Waals surface area (Å²) in [4.78, 5) is 0.664. The van der Waals surface area contributed by atoms with Gasteiger partial charge in [0.2, 0.25) is 0 Å². The van der Waals surface area contributed by atoms with Gasteiger partial charge in [0.15, 0.2) is 0 Å². The zero-order valence-electron chi connectivity index (χ0n) is 16.9. The van der Waals surface area contributed by atoms with E-state index in [1.165, 1.54) is 6.07 Å². The second-order valence-corrected chi connectivity index (χ2v) is 8.95. The van der Waals surface area contributed by atoms with Crippen LogP contribution in [0.4, 0.5) is 8.78 Å². The van der Waals surface area contributed by atoms with Crippen molar-refractivity contribution in [2.45, 2.75) is 53.5 Å². The molecule has 0 amide bonds. The molecule has 2 aromatic carbocycles. The largest absolute Gasteiger partial charge is 0.378 e. The molecule has 0 N–H and O–H groups in total. The first kappa shape index (κ1) is 20.8. The summed E-state index contributed by atoms with van der Waals surface area (Å²) in [6.07, 6.45) is 3.32. The normalized spacial score (nSPS) is 26.0. The molecule has 7 heteroatoms. The quantitative estimate of drug-likeness (QED) is 0.652. The van der Waals surface area contributed by atoms with Crippen LogP contribution in [0.1, 0.15) is 43.4 Å². The fraction of sp³-hybridized carbons (Fsp3) is 0.391. The Hall–Kier alpha value is -2.43. The number of benzene rings is 2. The standard InChI is InChI=1S/C23H23F2N3OS/c1-15-13-23(14-26,9-11-29-15)17-4-3-5-21(22(17)25)30-20-7-6-16(12-18(20)24)19-8-10-27-28(19)2/h3-7,10,12,15,19H,8-9,11,13H2,1-2H3/t15-,19?,23-/m0/s1. The van der Waals surface area contributed by atoms with E-state index in [0.29, 0.717) is 34.8 Å². The number of hydrazone groups is 1. The maximum Gasteiger partial charge on any atom is 0.141 e. The molecule has 4 rings (SSSR count). The summed E-state index contributed by atoms with van der Waals surface area (Å²) in [6, 6.07) is 12.4. The topological polar surface area (TPSA) is 48.6 Å². The lowest BCUT2D eigenvalue weighted by Crippen LogP contribution is -2.37. The predicted molar refractivity (Wildman–Crippen MR) is 112 cm³/mol. The van der Waals surface area contributed by atoms with Crippen LogP contribution in [0.25, 0.3) is 0 Å². The van der Waals surface area contributed by atoms with Gasteiger partial charge in [-0.25, -0.2) is 8.78 Å². The molecule has 2 aromatic rings. The van der Waals surface area contributed by atoms with Gasteiger partial charge in [0.05, 0.1) is 23.6 Å². The highest BCUT2D eigenvalue weighted by Crippen LogP contribution is 2.42. The van der Waals surface area contributed by atoms with Gasteiger partial charge in [-0.1, -0.05) is 30.0 Å². The molecule has 0 spiro atoms. The van der Waals surface area contributed by atoms with Crippen LogP contribution in [0.5, 0.6) is 0 Å². The van der Waals surface area contributed by atoms with Gasteiger partial charge in [0.25, 0.3) is 0 Å². The lowest BCUT2D eigenvalue weighted by atomic mass is 9.73. The van der Waals surface area contributed by atoms with Crippen molar-refractivity contribution in [2.24, 2.45) is 5.10 Å². The Bertz CT molecular complexity index is 1020. The summed E-state index contributed by atoms with van der Waals surface area (Å²) in [5, 5.41) is 15.9. The molecular weight excluding hydrogens is 404 g/mol. The third-order valence-corrected chi connectivity index (χ3v) is 6.95. The highest BCUT2D eigenvalue weighted by atomic mass is 32.2. The molecule has 1 unspecified atom stereocenters. The maximum atomic E-state index is 15.5. The Morgan fingerprint density at radius 3 is 2.77 bits per heavy atom. The van der Waals surface area contributed by atoms with Crippen LogP contribution in [-0.4, -0.2) is 31.0 Å². The van der Waals surface area contributed by atoms with E-state index < -0.39 is 17.0 Å². The van der Waals surface area contributed by atoms with Crippen molar-refractivity contribution in [3.8, 4) is 6.07 Å². The second kappa shape index (κ2) is 8.37. The van der Waals surface area contributed by atoms with Crippen LogP contribution in [0, 0.1) is 23.0 Å². The molecule has 2 aliphatic rings. The van der Waals surface area contributed by atoms with Crippen LogP contribution in [-0.2, 0) is 10.2 Å². The number of hydrogen-bond acceptors (Lipinski definition) is 5. The molecule has 156 valence electrons. The third-order valence-electron chi connectivity index (χ3n) is 5.86. The highest BCUT2D eigenvalue weighted by Gasteiger charge is 2.40. The van der Waals surface area contributed by atoms with Gasteiger partial charge in [-0.05, 0) is 43.5 Å². The Morgan fingerprint density at radius 2 is 2.10 bits per heavy atom. The van der Waals surface area contributed by atoms with Gasteiger partial charge in [0, 0.05) is 41.6 Å². The summed E-state index contributed by atoms with van der Waals surface area (Å²) >= 11 is 1.05. The zero-order chi connectivity index (χ0) is 21.3. The van der Waals surface area contributed by atoms with Crippen LogP contribution in [0.3, 0.4) is 0 Å². The van der Waals surface area contributed by atoms with E-state index in [2.05, 4.69) is 11.2 Å². The van der Waals surface area contributed by atoms with Gasteiger partial charge in [-0.15, -0.1) is 0 Å². The Labute approximate surface area is 179 Å². The number of ether oxygens (including phenoxy) is 1. The summed E-state index contributed by atoms with van der Waals surface area (Å²) in [7, 11) is 1.86. The minimum Gasteiger partial charge on any atom is -0.378 e. The molecule has 0 aromatic heterocycles. The number of hydrogen-bond donors (Lipinski definition) is 0. The average molecular weight is 428 g/mol. The van der Waals surface area contributed by atoms with Crippen LogP contribution < -0.4 is 0 Å². The van der Waals surface area contributed by atoms with Crippen LogP contribution in [0.15, 0.2) is 51.3 Å². The number of halogens is 2. The smallest absolute Gasteiger partial charge is 0.141 e. The van der Waals surface area contributed by atoms with E-state index in [0.717, 1.165) is 23.7 Å². The van der Waals surface area contributed by atoms with Crippen LogP contribution >= 0.6 is 11.8 Å². The SMILES string of the molecule is C[C@H]1C[C@@](C#N)(c2cccc(Sc3ccc(C4CC=NN4C)cc3F)c2F)CCO1. The summed E-state index contributed by atoms with van der Waals surface area (Å²) in [5.74, 6) is -0.845. The number of nitriles is 1. The lowest BCUT2D eigenvalue weighted by Gasteiger charge is -2.35. The number of nitrogens with zero attached hydrogens (tertiary/aromatic N) is 3. The van der Waals surface area contributed by atoms with Crippen molar-refractivity contribution in [1.29, 1.82) is 5.26 Å². The molecule has 0 aliphatic carbocycles.